The van der Waals surface area contributed by atoms with E-state index in [0.717, 1.165) is 9.80 Å². The van der Waals surface area contributed by atoms with Crippen LogP contribution in [0.2, 0.25) is 0 Å². The van der Waals surface area contributed by atoms with Gasteiger partial charge in [0.2, 0.25) is 65.0 Å². The van der Waals surface area contributed by atoms with Crippen molar-refractivity contribution < 1.29 is 57.8 Å². The van der Waals surface area contributed by atoms with Crippen molar-refractivity contribution in [2.24, 2.45) is 41.4 Å². The van der Waals surface area contributed by atoms with Crippen LogP contribution in [0.3, 0.4) is 0 Å². The predicted octanol–water partition coefficient (Wildman–Crippen LogP) is 3.66. The zero-order valence-corrected chi connectivity index (χ0v) is 56.8. The summed E-state index contributed by atoms with van der Waals surface area (Å²) in [5, 5.41) is 23.2. The van der Waals surface area contributed by atoms with E-state index in [9.17, 15) is 48.3 Å². The van der Waals surface area contributed by atoms with Crippen molar-refractivity contribution in [3.63, 3.8) is 0 Å². The summed E-state index contributed by atoms with van der Waals surface area (Å²) in [6, 6.07) is -12.3. The first-order chi connectivity index (χ1) is 39.7. The second-order valence-corrected chi connectivity index (χ2v) is 26.3. The van der Waals surface area contributed by atoms with Crippen LogP contribution in [-0.4, -0.2) is 227 Å². The number of aliphatic hydroxyl groups is 1. The van der Waals surface area contributed by atoms with Crippen molar-refractivity contribution in [3.05, 3.63) is 12.2 Å². The molecule has 0 spiro atoms. The molecule has 1 aliphatic heterocycles. The van der Waals surface area contributed by atoms with Gasteiger partial charge in [-0.3, -0.25) is 52.7 Å². The average Bonchev–Trinajstić information content (AvgIpc) is 2.32. The molecular weight excluding hydrogens is 1100 g/mol. The molecule has 12 atom stereocenters. The van der Waals surface area contributed by atoms with Crippen LogP contribution in [0.15, 0.2) is 12.2 Å². The van der Waals surface area contributed by atoms with E-state index in [4.69, 9.17) is 0 Å². The average molecular weight is 1220 g/mol. The third kappa shape index (κ3) is 21.6. The summed E-state index contributed by atoms with van der Waals surface area (Å²) in [7, 11) is 9.95. The summed E-state index contributed by atoms with van der Waals surface area (Å²) in [6.07, 6.45) is 3.14. The van der Waals surface area contributed by atoms with E-state index < -0.39 is 156 Å². The van der Waals surface area contributed by atoms with E-state index >= 15 is 9.59 Å². The molecule has 1 heterocycles. The molecule has 0 radical (unpaired) electrons. The Balaban J connectivity index is 4.36. The van der Waals surface area contributed by atoms with Gasteiger partial charge >= 0.3 is 0 Å². The molecule has 11 amide bonds. The van der Waals surface area contributed by atoms with Crippen molar-refractivity contribution >= 4 is 65.0 Å². The minimum absolute atomic E-state index is 0.0230. The first-order valence-electron chi connectivity index (χ1n) is 31.1. The Morgan fingerprint density at radius 2 is 0.860 bits per heavy atom. The lowest BCUT2D eigenvalue weighted by Gasteiger charge is -2.41. The monoisotopic (exact) mass is 1220 g/mol. The van der Waals surface area contributed by atoms with Crippen LogP contribution in [0.4, 0.5) is 0 Å². The number of nitrogens with zero attached hydrogens (tertiary/aromatic N) is 7. The second-order valence-electron chi connectivity index (χ2n) is 26.3. The van der Waals surface area contributed by atoms with E-state index in [1.54, 1.807) is 61.5 Å². The lowest BCUT2D eigenvalue weighted by Crippen LogP contribution is -2.63. The highest BCUT2D eigenvalue weighted by molar-refractivity contribution is 5.99. The van der Waals surface area contributed by atoms with E-state index in [1.807, 2.05) is 61.5 Å². The smallest absolute Gasteiger partial charge is 0.246 e. The summed E-state index contributed by atoms with van der Waals surface area (Å²) in [4.78, 5) is 169. The fourth-order valence-corrected chi connectivity index (χ4v) is 10.9. The van der Waals surface area contributed by atoms with E-state index in [0.29, 0.717) is 6.42 Å². The molecule has 0 unspecified atom stereocenters. The molecule has 23 heteroatoms. The van der Waals surface area contributed by atoms with E-state index in [1.165, 1.54) is 80.8 Å². The van der Waals surface area contributed by atoms with Gasteiger partial charge in [-0.15, -0.1) is 0 Å². The zero-order chi connectivity index (χ0) is 66.7. The number of rotatable bonds is 16. The highest BCUT2D eigenvalue weighted by Gasteiger charge is 2.46. The summed E-state index contributed by atoms with van der Waals surface area (Å²) in [6.45, 7) is 29.6. The van der Waals surface area contributed by atoms with Gasteiger partial charge in [0.15, 0.2) is 0 Å². The van der Waals surface area contributed by atoms with Crippen LogP contribution < -0.4 is 21.3 Å². The van der Waals surface area contributed by atoms with Gasteiger partial charge in [-0.1, -0.05) is 116 Å². The Morgan fingerprint density at radius 3 is 1.30 bits per heavy atom. The topological polar surface area (TPSA) is 279 Å². The fourth-order valence-electron chi connectivity index (χ4n) is 10.9. The van der Waals surface area contributed by atoms with Gasteiger partial charge in [0.25, 0.3) is 0 Å². The molecule has 0 saturated carbocycles. The Hall–Kier alpha value is -6.13. The molecule has 1 aliphatic rings. The number of carbonyl (C=O) groups excluding carboxylic acids is 11. The minimum atomic E-state index is -1.61. The molecule has 86 heavy (non-hydrogen) atoms. The molecule has 23 nitrogen and oxygen atoms in total. The Bertz CT molecular complexity index is 2340. The molecule has 0 bridgehead atoms. The van der Waals surface area contributed by atoms with Crippen molar-refractivity contribution in [1.29, 1.82) is 0 Å². The molecule has 0 aliphatic carbocycles. The van der Waals surface area contributed by atoms with Crippen molar-refractivity contribution in [3.8, 4) is 0 Å². The van der Waals surface area contributed by atoms with Crippen LogP contribution in [0.5, 0.6) is 0 Å². The normalized spacial score (nSPS) is 26.7. The Labute approximate surface area is 515 Å². The molecular formula is C63H113N11O12. The Kier molecular flexibility index (Phi) is 32.3. The molecule has 0 aromatic rings. The van der Waals surface area contributed by atoms with Crippen LogP contribution in [0.25, 0.3) is 0 Å². The predicted molar refractivity (Wildman–Crippen MR) is 333 cm³/mol. The van der Waals surface area contributed by atoms with Crippen LogP contribution in [0, 0.1) is 41.4 Å². The summed E-state index contributed by atoms with van der Waals surface area (Å²) < 4.78 is 0. The maximum absolute atomic E-state index is 15.1. The maximum Gasteiger partial charge on any atom is 0.246 e. The molecule has 1 fully saturated rings. The highest BCUT2D eigenvalue weighted by Crippen LogP contribution is 2.26. The first-order valence-corrected chi connectivity index (χ1v) is 31.1. The van der Waals surface area contributed by atoms with Crippen LogP contribution in [0.1, 0.15) is 163 Å². The van der Waals surface area contributed by atoms with Crippen molar-refractivity contribution in [1.82, 2.24) is 55.6 Å². The number of hydrogen-bond donors (Lipinski definition) is 5. The Morgan fingerprint density at radius 1 is 0.453 bits per heavy atom. The standard InChI is InChI=1S/C63H113N11O12/c1-25-28-29-41(16)53(76)52-57(80)66-44(27-3)59(82)68(18)34-49(75)69(19)45(30-35(4)5)56(79)67-50(39(12)13)62(85)70(20)46(31-36(6)7)55(78)65-43(26-2)54(77)64-42(17)58(81)71(21)47(32-37(8)9)60(83)72(22)48(33-38(10)11)61(84)73(23)51(40(14)15)63(86)74(52)24/h25,28,35-48,50-53,76H,26-27,29-34H2,1-24H3,(H,64,77)(H,65,78)(H,66,80)(H,67,79)/b28-25+/t41-,42-,43+,44+,45+,46+,47+,48+,50+,51+,52+,53-/m1/s1. The number of nitrogens with one attached hydrogen (secondary N) is 4. The first kappa shape index (κ1) is 77.9. The molecule has 0 aromatic heterocycles. The van der Waals surface area contributed by atoms with Gasteiger partial charge in [-0.2, -0.15) is 0 Å². The number of likely N-dealkylation sites (N-methyl/N-ethyl adjacent to an activating group) is 7. The molecule has 5 N–H and O–H groups in total. The summed E-state index contributed by atoms with van der Waals surface area (Å²) in [5.74, 6) is -9.64. The summed E-state index contributed by atoms with van der Waals surface area (Å²) >= 11 is 0. The van der Waals surface area contributed by atoms with Gasteiger partial charge < -0.3 is 60.7 Å². The third-order valence-electron chi connectivity index (χ3n) is 16.4. The van der Waals surface area contributed by atoms with Gasteiger partial charge in [0.1, 0.15) is 60.4 Å². The van der Waals surface area contributed by atoms with Crippen LogP contribution >= 0.6 is 0 Å². The van der Waals surface area contributed by atoms with E-state index in [2.05, 4.69) is 21.3 Å². The number of carbonyl (C=O) groups is 11. The highest BCUT2D eigenvalue weighted by atomic mass is 16.3. The molecule has 1 saturated heterocycles. The largest absolute Gasteiger partial charge is 0.390 e. The fraction of sp³-hybridized carbons (Fsp3) is 0.794. The van der Waals surface area contributed by atoms with Gasteiger partial charge in [0, 0.05) is 49.3 Å². The minimum Gasteiger partial charge on any atom is -0.390 e. The summed E-state index contributed by atoms with van der Waals surface area (Å²) in [5.41, 5.74) is 0. The SMILES string of the molecule is C/C=C/C[C@@H](C)[C@@H](O)[C@H]1C(=O)N[C@@H](CC)C(=O)N(C)CC(=O)N(C)[C@@H](CC(C)C)C(=O)N[C@@H](C(C)C)C(=O)N(C)[C@@H](CC(C)C)C(=O)N[C@@H](CC)C(=O)N[C@H](C)C(=O)N(C)[C@@H](CC(C)C)C(=O)N(C)[C@@H](CC(C)C)C(=O)N(C)[C@@H](C(C)C)C(=O)N1C. The number of allylic oxidation sites excluding steroid dienone is 2. The van der Waals surface area contributed by atoms with Gasteiger partial charge in [-0.25, -0.2) is 0 Å². The zero-order valence-electron chi connectivity index (χ0n) is 56.8. The lowest BCUT2D eigenvalue weighted by atomic mass is 9.91. The number of hydrogen-bond acceptors (Lipinski definition) is 12. The molecule has 0 aromatic carbocycles. The third-order valence-corrected chi connectivity index (χ3v) is 16.4. The lowest BCUT2D eigenvalue weighted by molar-refractivity contribution is -0.157. The molecule has 1 rings (SSSR count). The van der Waals surface area contributed by atoms with Gasteiger partial charge in [-0.05, 0) is 100 Å². The molecule has 492 valence electrons. The quantitative estimate of drug-likeness (QED) is 0.139. The van der Waals surface area contributed by atoms with Crippen molar-refractivity contribution in [2.45, 2.75) is 229 Å². The van der Waals surface area contributed by atoms with Crippen LogP contribution in [-0.2, 0) is 52.7 Å². The number of amides is 11. The number of aliphatic hydroxyl groups excluding tert-OH is 1. The van der Waals surface area contributed by atoms with Crippen molar-refractivity contribution in [2.75, 3.05) is 55.9 Å². The van der Waals surface area contributed by atoms with Gasteiger partial charge in [0.05, 0.1) is 12.6 Å². The van der Waals surface area contributed by atoms with E-state index in [-0.39, 0.29) is 62.2 Å². The maximum atomic E-state index is 15.1. The second kappa shape index (κ2) is 35.6.